The molecule has 288 valence electrons. The standard InChI is InChI=1S/C40H56N6O7/c1-28(2)40(51)33(42-29(3)4)16-6-5-7-18-37(50)53-26-22-46-39-31-14-9-8-13-30(31)27-45(34-17-11-10-15-32(34)38(39)43-44-46)36(49)19-21-41-35(48)20-25-52-24-12-23-47/h8-11,13-15,17,28-29,33,42,47H,5-7,12,16,18-27H2,1-4H3,(H,41,48). The number of fused-ring (bicyclic) bond motifs is 5. The van der Waals surface area contributed by atoms with Gasteiger partial charge in [0, 0.05) is 62.1 Å². The Morgan fingerprint density at radius 3 is 2.38 bits per heavy atom. The smallest absolute Gasteiger partial charge is 0.305 e. The average molecular weight is 733 g/mol. The molecule has 3 aromatic rings. The van der Waals surface area contributed by atoms with E-state index >= 15 is 0 Å². The number of hydrogen-bond donors (Lipinski definition) is 3. The Balaban J connectivity index is 1.36. The maximum Gasteiger partial charge on any atom is 0.305 e. The first kappa shape index (κ1) is 41.3. The number of ether oxygens (including phenoxy) is 2. The molecule has 0 fully saturated rings. The van der Waals surface area contributed by atoms with E-state index in [-0.39, 0.29) is 80.8 Å². The second-order valence-corrected chi connectivity index (χ2v) is 14.0. The lowest BCUT2D eigenvalue weighted by Crippen LogP contribution is -2.42. The summed E-state index contributed by atoms with van der Waals surface area (Å²) in [6.07, 6.45) is 4.23. The Bertz CT molecular complexity index is 1660. The summed E-state index contributed by atoms with van der Waals surface area (Å²) >= 11 is 0. The predicted molar refractivity (Wildman–Crippen MR) is 203 cm³/mol. The molecule has 2 aromatic carbocycles. The van der Waals surface area contributed by atoms with E-state index < -0.39 is 0 Å². The van der Waals surface area contributed by atoms with Gasteiger partial charge in [-0.05, 0) is 30.9 Å². The van der Waals surface area contributed by atoms with Gasteiger partial charge in [0.05, 0.1) is 37.1 Å². The molecular formula is C40H56N6O7. The molecule has 0 spiro atoms. The number of ketones is 1. The van der Waals surface area contributed by atoms with Gasteiger partial charge in [0.15, 0.2) is 5.78 Å². The molecule has 0 bridgehead atoms. The van der Waals surface area contributed by atoms with Crippen LogP contribution in [0.4, 0.5) is 5.69 Å². The summed E-state index contributed by atoms with van der Waals surface area (Å²) in [5.74, 6) is -0.419. The molecule has 1 aromatic heterocycles. The fourth-order valence-corrected chi connectivity index (χ4v) is 6.38. The van der Waals surface area contributed by atoms with E-state index in [1.54, 1.807) is 9.58 Å². The van der Waals surface area contributed by atoms with Crippen LogP contribution in [0.25, 0.3) is 22.5 Å². The largest absolute Gasteiger partial charge is 0.464 e. The lowest BCUT2D eigenvalue weighted by atomic mass is 9.95. The van der Waals surface area contributed by atoms with Crippen LogP contribution in [-0.2, 0) is 41.7 Å². The second-order valence-electron chi connectivity index (χ2n) is 14.0. The molecule has 53 heavy (non-hydrogen) atoms. The molecule has 0 saturated carbocycles. The van der Waals surface area contributed by atoms with Gasteiger partial charge in [0.2, 0.25) is 11.8 Å². The summed E-state index contributed by atoms with van der Waals surface area (Å²) in [7, 11) is 0. The lowest BCUT2D eigenvalue weighted by molar-refractivity contribution is -0.144. The van der Waals surface area contributed by atoms with E-state index in [0.29, 0.717) is 50.3 Å². The quantitative estimate of drug-likeness (QED) is 0.0962. The minimum absolute atomic E-state index is 0.0224. The van der Waals surface area contributed by atoms with Crippen molar-refractivity contribution in [3.05, 3.63) is 54.1 Å². The highest BCUT2D eigenvalue weighted by Gasteiger charge is 2.29. The number of anilines is 1. The van der Waals surface area contributed by atoms with Crippen LogP contribution >= 0.6 is 0 Å². The van der Waals surface area contributed by atoms with Crippen molar-refractivity contribution in [3.63, 3.8) is 0 Å². The van der Waals surface area contributed by atoms with Gasteiger partial charge in [-0.1, -0.05) is 88.2 Å². The maximum atomic E-state index is 13.7. The third-order valence-electron chi connectivity index (χ3n) is 9.06. The minimum atomic E-state index is -0.273. The van der Waals surface area contributed by atoms with Crippen LogP contribution in [-0.4, -0.2) is 88.7 Å². The van der Waals surface area contributed by atoms with E-state index in [4.69, 9.17) is 14.6 Å². The predicted octanol–water partition coefficient (Wildman–Crippen LogP) is 4.84. The van der Waals surface area contributed by atoms with E-state index in [1.165, 1.54) is 0 Å². The number of aliphatic hydroxyl groups excluding tert-OH is 1. The number of carbonyl (C=O) groups excluding carboxylic acids is 4. The molecule has 1 aliphatic heterocycles. The van der Waals surface area contributed by atoms with Crippen molar-refractivity contribution in [2.75, 3.05) is 37.9 Å². The van der Waals surface area contributed by atoms with Crippen LogP contribution in [0.1, 0.15) is 84.6 Å². The number of nitrogens with zero attached hydrogens (tertiary/aromatic N) is 4. The van der Waals surface area contributed by atoms with Crippen LogP contribution in [0.15, 0.2) is 48.5 Å². The summed E-state index contributed by atoms with van der Waals surface area (Å²) in [5, 5.41) is 24.1. The van der Waals surface area contributed by atoms with Gasteiger partial charge >= 0.3 is 5.97 Å². The van der Waals surface area contributed by atoms with Crippen LogP contribution < -0.4 is 15.5 Å². The summed E-state index contributed by atoms with van der Waals surface area (Å²) in [6.45, 7) is 9.55. The van der Waals surface area contributed by atoms with Crippen molar-refractivity contribution in [1.82, 2.24) is 25.6 Å². The molecule has 1 aliphatic rings. The number of amides is 2. The number of carbonyl (C=O) groups is 4. The normalized spacial score (nSPS) is 12.8. The van der Waals surface area contributed by atoms with Gasteiger partial charge in [-0.25, -0.2) is 4.68 Å². The number of aromatic nitrogens is 3. The molecule has 0 radical (unpaired) electrons. The minimum Gasteiger partial charge on any atom is -0.464 e. The van der Waals surface area contributed by atoms with Gasteiger partial charge in [-0.15, -0.1) is 5.10 Å². The zero-order valence-electron chi connectivity index (χ0n) is 31.6. The molecule has 4 rings (SSSR count). The van der Waals surface area contributed by atoms with Crippen LogP contribution in [0.2, 0.25) is 0 Å². The fourth-order valence-electron chi connectivity index (χ4n) is 6.38. The lowest BCUT2D eigenvalue weighted by Gasteiger charge is -2.28. The van der Waals surface area contributed by atoms with Crippen LogP contribution in [0.3, 0.4) is 0 Å². The summed E-state index contributed by atoms with van der Waals surface area (Å²) in [5.41, 5.74) is 4.62. The maximum absolute atomic E-state index is 13.7. The van der Waals surface area contributed by atoms with E-state index in [0.717, 1.165) is 41.6 Å². The molecule has 1 unspecified atom stereocenters. The third kappa shape index (κ3) is 12.3. The van der Waals surface area contributed by atoms with E-state index in [9.17, 15) is 19.2 Å². The number of unbranched alkanes of at least 4 members (excludes halogenated alkanes) is 2. The highest BCUT2D eigenvalue weighted by Crippen LogP contribution is 2.41. The van der Waals surface area contributed by atoms with Crippen molar-refractivity contribution in [1.29, 1.82) is 0 Å². The monoisotopic (exact) mass is 732 g/mol. The van der Waals surface area contributed by atoms with Crippen molar-refractivity contribution >= 4 is 29.3 Å². The number of aliphatic hydroxyl groups is 1. The van der Waals surface area contributed by atoms with E-state index in [1.807, 2.05) is 76.2 Å². The van der Waals surface area contributed by atoms with Gasteiger partial charge in [0.25, 0.3) is 0 Å². The topological polar surface area (TPSA) is 165 Å². The van der Waals surface area contributed by atoms with Gasteiger partial charge < -0.3 is 30.1 Å². The van der Waals surface area contributed by atoms with E-state index in [2.05, 4.69) is 20.9 Å². The number of benzene rings is 2. The molecule has 0 saturated heterocycles. The van der Waals surface area contributed by atoms with Gasteiger partial charge in [-0.3, -0.25) is 19.2 Å². The molecule has 0 aliphatic carbocycles. The summed E-state index contributed by atoms with van der Waals surface area (Å²) < 4.78 is 12.7. The molecule has 13 heteroatoms. The molecule has 13 nitrogen and oxygen atoms in total. The van der Waals surface area contributed by atoms with Crippen molar-refractivity contribution in [2.45, 2.75) is 104 Å². The zero-order chi connectivity index (χ0) is 38.2. The van der Waals surface area contributed by atoms with Crippen molar-refractivity contribution in [3.8, 4) is 22.5 Å². The van der Waals surface area contributed by atoms with Gasteiger partial charge in [0.1, 0.15) is 12.3 Å². The number of Topliss-reactive ketones (excluding diaryl/α,β-unsaturated/α-hetero) is 1. The fraction of sp³-hybridized carbons (Fsp3) is 0.550. The van der Waals surface area contributed by atoms with Gasteiger partial charge in [-0.2, -0.15) is 0 Å². The number of para-hydroxylation sites is 1. The number of nitrogens with one attached hydrogen (secondary N) is 2. The summed E-state index contributed by atoms with van der Waals surface area (Å²) in [4.78, 5) is 53.0. The Morgan fingerprint density at radius 1 is 0.868 bits per heavy atom. The van der Waals surface area contributed by atoms with Crippen molar-refractivity contribution in [2.24, 2.45) is 5.92 Å². The molecule has 2 heterocycles. The Hall–Kier alpha value is -4.46. The zero-order valence-corrected chi connectivity index (χ0v) is 31.6. The SMILES string of the molecule is CC(C)NC(CCCCCC(=O)OCCn1nnc2c1-c1ccccc1CN(C(=O)CCNC(=O)CCOCCCO)c1ccccc1-2)C(=O)C(C)C. The average Bonchev–Trinajstić information content (AvgIpc) is 3.54. The second kappa shape index (κ2) is 21.3. The summed E-state index contributed by atoms with van der Waals surface area (Å²) in [6, 6.07) is 15.5. The number of hydrogen-bond acceptors (Lipinski definition) is 10. The highest BCUT2D eigenvalue weighted by molar-refractivity contribution is 6.00. The Kier molecular flexibility index (Phi) is 16.6. The Morgan fingerprint density at radius 2 is 1.62 bits per heavy atom. The number of rotatable bonds is 22. The van der Waals surface area contributed by atoms with Crippen LogP contribution in [0, 0.1) is 5.92 Å². The first-order valence-electron chi connectivity index (χ1n) is 18.9. The highest BCUT2D eigenvalue weighted by atomic mass is 16.5. The van der Waals surface area contributed by atoms with Crippen molar-refractivity contribution < 1.29 is 33.8 Å². The number of esters is 1. The first-order chi connectivity index (χ1) is 25.6. The molecule has 3 N–H and O–H groups in total. The first-order valence-corrected chi connectivity index (χ1v) is 18.9. The molecular weight excluding hydrogens is 676 g/mol. The molecule has 1 atom stereocenters. The third-order valence-corrected chi connectivity index (χ3v) is 9.06. The van der Waals surface area contributed by atoms with Crippen LogP contribution in [0.5, 0.6) is 0 Å². The molecule has 2 amide bonds. The Labute approximate surface area is 312 Å².